The molecule has 0 saturated heterocycles. The molecule has 0 unspecified atom stereocenters. The Kier molecular flexibility index (Phi) is 1.66. The predicted octanol–water partition coefficient (Wildman–Crippen LogP) is 1.64. The maximum absolute atomic E-state index is 2.42. The van der Waals surface area contributed by atoms with Crippen molar-refractivity contribution >= 4 is 22.5 Å². The summed E-state index contributed by atoms with van der Waals surface area (Å²) in [5.74, 6) is 0. The van der Waals surface area contributed by atoms with E-state index in [1.165, 1.54) is 48.2 Å². The van der Waals surface area contributed by atoms with Gasteiger partial charge in [0.05, 0.1) is 0 Å². The van der Waals surface area contributed by atoms with Gasteiger partial charge >= 0.3 is 58.6 Å². The molecule has 1 rings (SSSR count). The van der Waals surface area contributed by atoms with Gasteiger partial charge in [-0.25, -0.2) is 0 Å². The van der Waals surface area contributed by atoms with Crippen molar-refractivity contribution in [1.82, 2.24) is 0 Å². The zero-order valence-electron chi connectivity index (χ0n) is 4.91. The molecule has 0 nitrogen and oxygen atoms in total. The predicted molar refractivity (Wildman–Crippen MR) is 34.0 cm³/mol. The van der Waals surface area contributed by atoms with E-state index < -0.39 is 0 Å². The van der Waals surface area contributed by atoms with Crippen molar-refractivity contribution < 1.29 is 0 Å². The normalized spacial score (nSPS) is 28.3. The van der Waals surface area contributed by atoms with Crippen LogP contribution in [0, 0.1) is 0 Å². The number of rotatable bonds is 0. The van der Waals surface area contributed by atoms with Crippen LogP contribution in [-0.2, 0) is 0 Å². The van der Waals surface area contributed by atoms with Gasteiger partial charge in [0.1, 0.15) is 0 Å². The van der Waals surface area contributed by atoms with Gasteiger partial charge in [-0.1, -0.05) is 0 Å². The van der Waals surface area contributed by atoms with Crippen LogP contribution in [0.3, 0.4) is 0 Å². The number of hydrogen-bond donors (Lipinski definition) is 0. The summed E-state index contributed by atoms with van der Waals surface area (Å²) >= 11 is 1.47. The summed E-state index contributed by atoms with van der Waals surface area (Å²) in [6.45, 7) is 2.42. The molecule has 0 heterocycles. The van der Waals surface area contributed by atoms with E-state index in [4.69, 9.17) is 0 Å². The molecule has 1 fully saturated rings. The van der Waals surface area contributed by atoms with Crippen molar-refractivity contribution in [3.8, 4) is 0 Å². The van der Waals surface area contributed by atoms with Gasteiger partial charge < -0.3 is 0 Å². The Morgan fingerprint density at radius 2 is 1.71 bits per heavy atom. The van der Waals surface area contributed by atoms with Crippen LogP contribution < -0.4 is 0 Å². The molecule has 7 heavy (non-hydrogen) atoms. The van der Waals surface area contributed by atoms with E-state index in [0.717, 1.165) is 3.43 Å². The molecule has 40 valence electrons. The standard InChI is InChI=1S/C6H11.Sn.H/c1-6-4-2-3-5-6;;/h2-5H2,1H3;;. The molecular weight excluding hydrogens is 191 g/mol. The van der Waals surface area contributed by atoms with E-state index in [0.29, 0.717) is 0 Å². The second-order valence-corrected chi connectivity index (χ2v) is 6.84. The molecule has 0 aromatic carbocycles. The molecule has 0 aromatic heterocycles. The van der Waals surface area contributed by atoms with Gasteiger partial charge in [0, 0.05) is 0 Å². The molecule has 0 spiro atoms. The average molecular weight is 203 g/mol. The van der Waals surface area contributed by atoms with E-state index in [1.54, 1.807) is 0 Å². The zero-order chi connectivity index (χ0) is 5.33. The Morgan fingerprint density at radius 3 is 1.86 bits per heavy atom. The van der Waals surface area contributed by atoms with Gasteiger partial charge in [-0.3, -0.25) is 0 Å². The monoisotopic (exact) mass is 204 g/mol. The fraction of sp³-hybridized carbons (Fsp3) is 1.00. The van der Waals surface area contributed by atoms with Gasteiger partial charge in [-0.15, -0.1) is 0 Å². The molecule has 0 N–H and O–H groups in total. The van der Waals surface area contributed by atoms with Crippen molar-refractivity contribution in [2.24, 2.45) is 0 Å². The van der Waals surface area contributed by atoms with Crippen molar-refractivity contribution in [3.05, 3.63) is 0 Å². The topological polar surface area (TPSA) is 0 Å². The van der Waals surface area contributed by atoms with Crippen molar-refractivity contribution in [1.29, 1.82) is 0 Å². The van der Waals surface area contributed by atoms with E-state index in [1.807, 2.05) is 0 Å². The van der Waals surface area contributed by atoms with Crippen LogP contribution in [-0.4, -0.2) is 22.5 Å². The van der Waals surface area contributed by atoms with E-state index in [9.17, 15) is 0 Å². The molecule has 0 bridgehead atoms. The van der Waals surface area contributed by atoms with Crippen LogP contribution in [0.1, 0.15) is 32.6 Å². The minimum atomic E-state index is 0.824. The van der Waals surface area contributed by atoms with Gasteiger partial charge in [0.25, 0.3) is 0 Å². The molecule has 1 heteroatoms. The Bertz CT molecular complexity index is 58.6. The van der Waals surface area contributed by atoms with Crippen molar-refractivity contribution in [2.75, 3.05) is 0 Å². The third-order valence-electron chi connectivity index (χ3n) is 1.75. The van der Waals surface area contributed by atoms with Gasteiger partial charge in [0.15, 0.2) is 0 Å². The first kappa shape index (κ1) is 5.93. The summed E-state index contributed by atoms with van der Waals surface area (Å²) in [4.78, 5) is 0. The SMILES string of the molecule is C[C]1([SnH])CCCC1. The third kappa shape index (κ3) is 1.63. The molecule has 0 amide bonds. The van der Waals surface area contributed by atoms with Crippen LogP contribution in [0.25, 0.3) is 0 Å². The van der Waals surface area contributed by atoms with Crippen LogP contribution in [0.2, 0.25) is 3.43 Å². The van der Waals surface area contributed by atoms with Crippen LogP contribution in [0.4, 0.5) is 0 Å². The third-order valence-corrected chi connectivity index (χ3v) is 3.39. The van der Waals surface area contributed by atoms with Gasteiger partial charge in [-0.05, 0) is 0 Å². The summed E-state index contributed by atoms with van der Waals surface area (Å²) in [5.41, 5.74) is 0. The van der Waals surface area contributed by atoms with E-state index in [-0.39, 0.29) is 0 Å². The first-order valence-electron chi connectivity index (χ1n) is 3.00. The molecule has 1 saturated carbocycles. The molecule has 2 radical (unpaired) electrons. The van der Waals surface area contributed by atoms with Crippen LogP contribution in [0.15, 0.2) is 0 Å². The average Bonchev–Trinajstić information content (AvgIpc) is 1.84. The number of hydrogen-bond acceptors (Lipinski definition) is 0. The zero-order valence-corrected chi connectivity index (χ0v) is 8.20. The quantitative estimate of drug-likeness (QED) is 0.525. The molecule has 0 aromatic rings. The Morgan fingerprint density at radius 1 is 1.29 bits per heavy atom. The minimum absolute atomic E-state index is 0.824. The summed E-state index contributed by atoms with van der Waals surface area (Å²) in [7, 11) is 0. The maximum atomic E-state index is 2.42. The Labute approximate surface area is 58.8 Å². The first-order valence-corrected chi connectivity index (χ1v) is 4.64. The van der Waals surface area contributed by atoms with Gasteiger partial charge in [0.2, 0.25) is 0 Å². The summed E-state index contributed by atoms with van der Waals surface area (Å²) in [6.07, 6.45) is 6.01. The summed E-state index contributed by atoms with van der Waals surface area (Å²) in [6, 6.07) is 0. The van der Waals surface area contributed by atoms with Crippen LogP contribution in [0.5, 0.6) is 0 Å². The molecule has 1 aliphatic carbocycles. The second-order valence-electron chi connectivity index (χ2n) is 2.86. The summed E-state index contributed by atoms with van der Waals surface area (Å²) in [5, 5.41) is 0. The molecule has 1 aliphatic rings. The first-order chi connectivity index (χ1) is 3.21. The summed E-state index contributed by atoms with van der Waals surface area (Å²) < 4.78 is 0.824. The van der Waals surface area contributed by atoms with Gasteiger partial charge in [-0.2, -0.15) is 0 Å². The van der Waals surface area contributed by atoms with Crippen LogP contribution >= 0.6 is 0 Å². The van der Waals surface area contributed by atoms with Crippen molar-refractivity contribution in [2.45, 2.75) is 36.0 Å². The molecule has 0 aliphatic heterocycles. The fourth-order valence-electron chi connectivity index (χ4n) is 1.18. The Balaban J connectivity index is 2.40. The molecular formula is C6H12Sn. The second kappa shape index (κ2) is 1.96. The fourth-order valence-corrected chi connectivity index (χ4v) is 2.35. The van der Waals surface area contributed by atoms with E-state index in [2.05, 4.69) is 6.92 Å². The van der Waals surface area contributed by atoms with Crippen molar-refractivity contribution in [3.63, 3.8) is 0 Å². The molecule has 0 atom stereocenters. The van der Waals surface area contributed by atoms with E-state index >= 15 is 0 Å². The Hall–Kier alpha value is 0.799.